The molecule has 2 aromatic carbocycles. The Bertz CT molecular complexity index is 948. The predicted molar refractivity (Wildman–Crippen MR) is 108 cm³/mol. The van der Waals surface area contributed by atoms with Gasteiger partial charge in [-0.25, -0.2) is 4.99 Å². The number of hydrogen-bond acceptors (Lipinski definition) is 3. The topological polar surface area (TPSA) is 95.3 Å². The number of fused-ring (bicyclic) bond motifs is 1. The number of nitro benzene ring substituents is 1. The quantitative estimate of drug-likeness (QED) is 0.259. The zero-order valence-corrected chi connectivity index (χ0v) is 15.2. The fraction of sp³-hybridized carbons (Fsp3) is 0.250. The van der Waals surface area contributed by atoms with Gasteiger partial charge in [-0.15, -0.1) is 0 Å². The molecule has 0 aliphatic rings. The Balaban J connectivity index is 1.60. The van der Waals surface area contributed by atoms with E-state index in [0.717, 1.165) is 30.6 Å². The van der Waals surface area contributed by atoms with Crippen LogP contribution in [-0.4, -0.2) is 29.0 Å². The fourth-order valence-electron chi connectivity index (χ4n) is 2.93. The molecule has 0 aliphatic carbocycles. The van der Waals surface area contributed by atoms with Crippen molar-refractivity contribution in [1.29, 1.82) is 0 Å². The van der Waals surface area contributed by atoms with Gasteiger partial charge >= 0.3 is 0 Å². The van der Waals surface area contributed by atoms with Gasteiger partial charge in [-0.3, -0.25) is 10.1 Å². The van der Waals surface area contributed by atoms with Crippen molar-refractivity contribution in [2.75, 3.05) is 13.1 Å². The van der Waals surface area contributed by atoms with Crippen molar-refractivity contribution in [3.63, 3.8) is 0 Å². The van der Waals surface area contributed by atoms with E-state index in [9.17, 15) is 10.1 Å². The van der Waals surface area contributed by atoms with Crippen molar-refractivity contribution < 1.29 is 4.92 Å². The van der Waals surface area contributed by atoms with Gasteiger partial charge in [0.15, 0.2) is 5.96 Å². The molecule has 27 heavy (non-hydrogen) atoms. The van der Waals surface area contributed by atoms with Crippen molar-refractivity contribution in [1.82, 2.24) is 15.6 Å². The number of nitro groups is 1. The molecule has 0 saturated heterocycles. The molecule has 3 N–H and O–H groups in total. The average molecular weight is 365 g/mol. The largest absolute Gasteiger partial charge is 0.361 e. The minimum Gasteiger partial charge on any atom is -0.361 e. The van der Waals surface area contributed by atoms with E-state index in [-0.39, 0.29) is 5.69 Å². The average Bonchev–Trinajstić information content (AvgIpc) is 3.09. The Morgan fingerprint density at radius 3 is 2.85 bits per heavy atom. The maximum absolute atomic E-state index is 10.9. The zero-order chi connectivity index (χ0) is 19.1. The van der Waals surface area contributed by atoms with Crippen LogP contribution in [0.25, 0.3) is 10.9 Å². The number of aromatic nitrogens is 1. The van der Waals surface area contributed by atoms with Gasteiger partial charge in [-0.05, 0) is 30.5 Å². The highest BCUT2D eigenvalue weighted by Gasteiger charge is 2.06. The summed E-state index contributed by atoms with van der Waals surface area (Å²) >= 11 is 0. The van der Waals surface area contributed by atoms with E-state index in [2.05, 4.69) is 32.7 Å². The lowest BCUT2D eigenvalue weighted by atomic mass is 10.1. The zero-order valence-electron chi connectivity index (χ0n) is 15.2. The minimum absolute atomic E-state index is 0.0833. The molecule has 0 unspecified atom stereocenters. The van der Waals surface area contributed by atoms with Gasteiger partial charge in [0.25, 0.3) is 5.69 Å². The van der Waals surface area contributed by atoms with E-state index in [4.69, 9.17) is 0 Å². The summed E-state index contributed by atoms with van der Waals surface area (Å²) in [6.45, 7) is 3.87. The van der Waals surface area contributed by atoms with Gasteiger partial charge in [0.05, 0.1) is 11.5 Å². The van der Waals surface area contributed by atoms with Crippen molar-refractivity contribution >= 4 is 22.5 Å². The first-order valence-corrected chi connectivity index (χ1v) is 8.98. The van der Waals surface area contributed by atoms with Crippen LogP contribution in [0.1, 0.15) is 18.1 Å². The number of aliphatic imine (C=N–C) groups is 1. The molecule has 140 valence electrons. The molecule has 0 amide bonds. The van der Waals surface area contributed by atoms with Crippen LogP contribution in [0.5, 0.6) is 0 Å². The molecule has 0 radical (unpaired) electrons. The monoisotopic (exact) mass is 365 g/mol. The van der Waals surface area contributed by atoms with E-state index in [0.29, 0.717) is 12.5 Å². The Hall–Kier alpha value is -3.35. The number of nitrogens with zero attached hydrogens (tertiary/aromatic N) is 2. The summed E-state index contributed by atoms with van der Waals surface area (Å²) in [4.78, 5) is 18.3. The second-order valence-corrected chi connectivity index (χ2v) is 6.16. The van der Waals surface area contributed by atoms with Gasteiger partial charge in [0, 0.05) is 42.3 Å². The van der Waals surface area contributed by atoms with Crippen LogP contribution < -0.4 is 10.6 Å². The molecule has 1 heterocycles. The second-order valence-electron chi connectivity index (χ2n) is 6.16. The van der Waals surface area contributed by atoms with Crippen LogP contribution in [0.15, 0.2) is 59.7 Å². The molecule has 0 atom stereocenters. The van der Waals surface area contributed by atoms with Crippen LogP contribution in [0.2, 0.25) is 0 Å². The Morgan fingerprint density at radius 1 is 1.19 bits per heavy atom. The van der Waals surface area contributed by atoms with Crippen molar-refractivity contribution in [2.45, 2.75) is 19.9 Å². The SMILES string of the molecule is CCNC(=NCc1cccc([N+](=O)[O-])c1)NCCc1c[nH]c2ccccc12. The molecular formula is C20H23N5O2. The first-order valence-electron chi connectivity index (χ1n) is 8.98. The minimum atomic E-state index is -0.391. The standard InChI is InChI=1S/C20H23N5O2/c1-2-21-20(24-13-15-6-5-7-17(12-15)25(26)27)22-11-10-16-14-23-19-9-4-3-8-18(16)19/h3-9,12,14,23H,2,10-11,13H2,1H3,(H2,21,22,24). The van der Waals surface area contributed by atoms with Crippen LogP contribution >= 0.6 is 0 Å². The third-order valence-corrected chi connectivity index (χ3v) is 4.25. The lowest BCUT2D eigenvalue weighted by Crippen LogP contribution is -2.38. The number of H-pyrrole nitrogens is 1. The van der Waals surface area contributed by atoms with Crippen molar-refractivity contribution in [3.05, 3.63) is 76.0 Å². The summed E-state index contributed by atoms with van der Waals surface area (Å²) < 4.78 is 0. The number of aromatic amines is 1. The van der Waals surface area contributed by atoms with E-state index in [1.54, 1.807) is 12.1 Å². The van der Waals surface area contributed by atoms with Crippen LogP contribution in [0.3, 0.4) is 0 Å². The number of nitrogens with one attached hydrogen (secondary N) is 3. The summed E-state index contributed by atoms with van der Waals surface area (Å²) in [6.07, 6.45) is 2.91. The summed E-state index contributed by atoms with van der Waals surface area (Å²) in [7, 11) is 0. The molecule has 3 rings (SSSR count). The normalized spacial score (nSPS) is 11.5. The summed E-state index contributed by atoms with van der Waals surface area (Å²) in [6, 6.07) is 14.8. The van der Waals surface area contributed by atoms with Crippen molar-refractivity contribution in [2.24, 2.45) is 4.99 Å². The lowest BCUT2D eigenvalue weighted by molar-refractivity contribution is -0.384. The Kier molecular flexibility index (Phi) is 6.04. The molecule has 0 spiro atoms. The molecule has 0 saturated carbocycles. The first kappa shape index (κ1) is 18.4. The Morgan fingerprint density at radius 2 is 2.04 bits per heavy atom. The van der Waals surface area contributed by atoms with Gasteiger partial charge < -0.3 is 15.6 Å². The highest BCUT2D eigenvalue weighted by Crippen LogP contribution is 2.17. The number of para-hydroxylation sites is 1. The third kappa shape index (κ3) is 4.84. The van der Waals surface area contributed by atoms with Gasteiger partial charge in [0.2, 0.25) is 0 Å². The summed E-state index contributed by atoms with van der Waals surface area (Å²) in [5, 5.41) is 18.6. The molecule has 0 aliphatic heterocycles. The molecule has 0 bridgehead atoms. The lowest BCUT2D eigenvalue weighted by Gasteiger charge is -2.11. The smallest absolute Gasteiger partial charge is 0.269 e. The van der Waals surface area contributed by atoms with Crippen LogP contribution in [-0.2, 0) is 13.0 Å². The molecule has 7 heteroatoms. The van der Waals surface area contributed by atoms with Gasteiger partial charge in [-0.1, -0.05) is 30.3 Å². The molecule has 3 aromatic rings. The van der Waals surface area contributed by atoms with Crippen LogP contribution in [0, 0.1) is 10.1 Å². The highest BCUT2D eigenvalue weighted by molar-refractivity contribution is 5.83. The molecule has 0 fully saturated rings. The van der Waals surface area contributed by atoms with Crippen LogP contribution in [0.4, 0.5) is 5.69 Å². The predicted octanol–water partition coefficient (Wildman–Crippen LogP) is 3.37. The molecular weight excluding hydrogens is 342 g/mol. The maximum atomic E-state index is 10.9. The number of benzene rings is 2. The second kappa shape index (κ2) is 8.84. The summed E-state index contributed by atoms with van der Waals surface area (Å²) in [5.41, 5.74) is 3.28. The fourth-order valence-corrected chi connectivity index (χ4v) is 2.93. The maximum Gasteiger partial charge on any atom is 0.269 e. The third-order valence-electron chi connectivity index (χ3n) is 4.25. The van der Waals surface area contributed by atoms with E-state index >= 15 is 0 Å². The summed E-state index contributed by atoms with van der Waals surface area (Å²) in [5.74, 6) is 0.698. The van der Waals surface area contributed by atoms with E-state index < -0.39 is 4.92 Å². The molecule has 7 nitrogen and oxygen atoms in total. The number of guanidine groups is 1. The van der Waals surface area contributed by atoms with E-state index in [1.807, 2.05) is 31.3 Å². The Labute approximate surface area is 157 Å². The number of non-ortho nitro benzene ring substituents is 1. The number of hydrogen-bond donors (Lipinski definition) is 3. The molecule has 1 aromatic heterocycles. The van der Waals surface area contributed by atoms with Crippen molar-refractivity contribution in [3.8, 4) is 0 Å². The highest BCUT2D eigenvalue weighted by atomic mass is 16.6. The first-order chi connectivity index (χ1) is 13.2. The van der Waals surface area contributed by atoms with E-state index in [1.165, 1.54) is 17.0 Å². The number of rotatable bonds is 7. The van der Waals surface area contributed by atoms with Gasteiger partial charge in [0.1, 0.15) is 0 Å². The van der Waals surface area contributed by atoms with Gasteiger partial charge in [-0.2, -0.15) is 0 Å².